The van der Waals surface area contributed by atoms with Crippen LogP contribution >= 0.6 is 0 Å². The molecular formula is C11H22O3Si. The van der Waals surface area contributed by atoms with Gasteiger partial charge in [-0.05, 0) is 32.9 Å². The Bertz CT molecular complexity index is 208. The van der Waals surface area contributed by atoms with E-state index in [1.807, 2.05) is 27.7 Å². The van der Waals surface area contributed by atoms with E-state index >= 15 is 0 Å². The highest BCUT2D eigenvalue weighted by Crippen LogP contribution is 2.19. The van der Waals surface area contributed by atoms with E-state index < -0.39 is 8.56 Å². The molecule has 0 radical (unpaired) electrons. The van der Waals surface area contributed by atoms with Gasteiger partial charge in [0.15, 0.2) is 5.41 Å². The van der Waals surface area contributed by atoms with Crippen LogP contribution in [0.5, 0.6) is 0 Å². The summed E-state index contributed by atoms with van der Waals surface area (Å²) in [4.78, 5) is 11.8. The fourth-order valence-corrected chi connectivity index (χ4v) is 4.55. The summed E-state index contributed by atoms with van der Waals surface area (Å²) in [6, 6.07) is 0.698. The zero-order chi connectivity index (χ0) is 11.9. The molecule has 0 aromatic heterocycles. The summed E-state index contributed by atoms with van der Waals surface area (Å²) in [6.07, 6.45) is 2.23. The quantitative estimate of drug-likeness (QED) is 0.475. The molecule has 3 nitrogen and oxygen atoms in total. The predicted molar refractivity (Wildman–Crippen MR) is 63.9 cm³/mol. The van der Waals surface area contributed by atoms with Crippen molar-refractivity contribution in [3.8, 4) is 0 Å². The average Bonchev–Trinajstić information content (AvgIpc) is 2.16. The Kier molecular flexibility index (Phi) is 6.72. The number of carbonyl (C=O) groups is 1. The topological polar surface area (TPSA) is 35.5 Å². The van der Waals surface area contributed by atoms with Crippen molar-refractivity contribution in [1.82, 2.24) is 0 Å². The first-order valence-corrected chi connectivity index (χ1v) is 7.53. The minimum absolute atomic E-state index is 0.0127. The molecule has 0 aromatic carbocycles. The first-order valence-electron chi connectivity index (χ1n) is 5.51. The van der Waals surface area contributed by atoms with E-state index in [0.29, 0.717) is 12.7 Å². The molecule has 0 N–H and O–H groups in total. The van der Waals surface area contributed by atoms with Gasteiger partial charge in [0.2, 0.25) is 0 Å². The third-order valence-corrected chi connectivity index (χ3v) is 5.66. The van der Waals surface area contributed by atoms with Crippen LogP contribution in [0.3, 0.4) is 0 Å². The van der Waals surface area contributed by atoms with Crippen LogP contribution in [0.1, 0.15) is 34.1 Å². The molecule has 1 atom stereocenters. The average molecular weight is 230 g/mol. The molecule has 0 aliphatic heterocycles. The zero-order valence-corrected chi connectivity index (χ0v) is 11.2. The molecule has 4 heteroatoms. The first-order chi connectivity index (χ1) is 7.02. The fraction of sp³-hybridized carbons (Fsp3) is 0.727. The molecule has 0 bridgehead atoms. The lowest BCUT2D eigenvalue weighted by molar-refractivity contribution is -0.112. The van der Waals surface area contributed by atoms with Crippen molar-refractivity contribution in [1.29, 1.82) is 0 Å². The van der Waals surface area contributed by atoms with E-state index in [1.165, 1.54) is 6.08 Å². The van der Waals surface area contributed by atoms with Gasteiger partial charge >= 0.3 is 8.56 Å². The monoisotopic (exact) mass is 230 g/mol. The van der Waals surface area contributed by atoms with Crippen molar-refractivity contribution in [3.05, 3.63) is 12.7 Å². The molecule has 0 heterocycles. The normalized spacial score (nSPS) is 15.0. The lowest BCUT2D eigenvalue weighted by Gasteiger charge is -2.29. The van der Waals surface area contributed by atoms with Gasteiger partial charge in [-0.1, -0.05) is 19.9 Å². The van der Waals surface area contributed by atoms with Crippen LogP contribution in [0, 0.1) is 0 Å². The smallest absolute Gasteiger partial charge is 0.389 e. The van der Waals surface area contributed by atoms with Crippen LogP contribution in [0.15, 0.2) is 12.7 Å². The fourth-order valence-electron chi connectivity index (χ4n) is 1.52. The molecule has 0 saturated carbocycles. The third kappa shape index (κ3) is 4.28. The van der Waals surface area contributed by atoms with Crippen molar-refractivity contribution in [2.75, 3.05) is 6.61 Å². The molecule has 0 aliphatic rings. The number of rotatable bonds is 8. The zero-order valence-electron chi connectivity index (χ0n) is 10.2. The van der Waals surface area contributed by atoms with E-state index in [2.05, 4.69) is 6.58 Å². The van der Waals surface area contributed by atoms with E-state index in [0.717, 1.165) is 6.42 Å². The SMILES string of the molecule is C=CC(=O)[Si](CCC)(OCC)OC(C)C. The van der Waals surface area contributed by atoms with Crippen LogP contribution in [-0.4, -0.2) is 26.7 Å². The molecule has 15 heavy (non-hydrogen) atoms. The molecule has 0 aliphatic carbocycles. The maximum absolute atomic E-state index is 11.8. The molecule has 0 saturated heterocycles. The van der Waals surface area contributed by atoms with Crippen molar-refractivity contribution in [3.63, 3.8) is 0 Å². The maximum Gasteiger partial charge on any atom is 0.415 e. The Balaban J connectivity index is 4.86. The maximum atomic E-state index is 11.8. The summed E-state index contributed by atoms with van der Waals surface area (Å²) in [7, 11) is -2.72. The van der Waals surface area contributed by atoms with Crippen LogP contribution in [0.4, 0.5) is 0 Å². The van der Waals surface area contributed by atoms with Crippen LogP contribution in [0.2, 0.25) is 6.04 Å². The lowest BCUT2D eigenvalue weighted by atomic mass is 10.5. The van der Waals surface area contributed by atoms with Crippen molar-refractivity contribution in [2.45, 2.75) is 46.3 Å². The largest absolute Gasteiger partial charge is 0.415 e. The van der Waals surface area contributed by atoms with E-state index in [1.54, 1.807) is 0 Å². The molecule has 1 unspecified atom stereocenters. The van der Waals surface area contributed by atoms with Gasteiger partial charge in [0.05, 0.1) is 0 Å². The van der Waals surface area contributed by atoms with Gasteiger partial charge in [0.25, 0.3) is 0 Å². The van der Waals surface area contributed by atoms with Crippen LogP contribution in [-0.2, 0) is 13.6 Å². The second-order valence-corrected chi connectivity index (χ2v) is 6.69. The molecular weight excluding hydrogens is 208 g/mol. The summed E-state index contributed by atoms with van der Waals surface area (Å²) in [6.45, 7) is 11.8. The van der Waals surface area contributed by atoms with E-state index in [4.69, 9.17) is 8.85 Å². The van der Waals surface area contributed by atoms with Gasteiger partial charge in [0.1, 0.15) is 0 Å². The molecule has 0 amide bonds. The van der Waals surface area contributed by atoms with Crippen molar-refractivity contribution in [2.24, 2.45) is 0 Å². The Hall–Kier alpha value is -0.453. The number of allylic oxidation sites excluding steroid dienone is 1. The predicted octanol–water partition coefficient (Wildman–Crippen LogP) is 2.59. The summed E-state index contributed by atoms with van der Waals surface area (Å²) in [5, 5.41) is -0.0556. The Morgan fingerprint density at radius 1 is 1.47 bits per heavy atom. The minimum atomic E-state index is -2.72. The van der Waals surface area contributed by atoms with E-state index in [9.17, 15) is 4.79 Å². The van der Waals surface area contributed by atoms with Gasteiger partial charge in [-0.2, -0.15) is 0 Å². The highest BCUT2D eigenvalue weighted by Gasteiger charge is 2.44. The summed E-state index contributed by atoms with van der Waals surface area (Å²) >= 11 is 0. The van der Waals surface area contributed by atoms with Gasteiger partial charge < -0.3 is 8.85 Å². The number of hydrogen-bond donors (Lipinski definition) is 0. The molecule has 0 aromatic rings. The van der Waals surface area contributed by atoms with Gasteiger partial charge in [-0.15, -0.1) is 0 Å². The Morgan fingerprint density at radius 2 is 2.07 bits per heavy atom. The molecule has 0 fully saturated rings. The van der Waals surface area contributed by atoms with Gasteiger partial charge in [0, 0.05) is 12.7 Å². The highest BCUT2D eigenvalue weighted by atomic mass is 28.4. The highest BCUT2D eigenvalue weighted by molar-refractivity contribution is 6.98. The van der Waals surface area contributed by atoms with Crippen LogP contribution < -0.4 is 0 Å². The molecule has 88 valence electrons. The second-order valence-electron chi connectivity index (χ2n) is 3.67. The van der Waals surface area contributed by atoms with Gasteiger partial charge in [-0.25, -0.2) is 0 Å². The summed E-state index contributed by atoms with van der Waals surface area (Å²) in [5.74, 6) is 0. The van der Waals surface area contributed by atoms with Crippen molar-refractivity contribution >= 4 is 14.0 Å². The third-order valence-electron chi connectivity index (χ3n) is 1.94. The molecule has 0 rings (SSSR count). The van der Waals surface area contributed by atoms with Crippen molar-refractivity contribution < 1.29 is 13.6 Å². The number of carbonyl (C=O) groups excluding carboxylic acids is 1. The second kappa shape index (κ2) is 6.93. The summed E-state index contributed by atoms with van der Waals surface area (Å²) in [5.41, 5.74) is 0. The summed E-state index contributed by atoms with van der Waals surface area (Å²) < 4.78 is 11.4. The minimum Gasteiger partial charge on any atom is -0.389 e. The lowest BCUT2D eigenvalue weighted by Crippen LogP contribution is -2.51. The molecule has 0 spiro atoms. The standard InChI is InChI=1S/C11H22O3Si/c1-6-9-15(13-8-3,11(12)7-2)14-10(4)5/h7,10H,2,6,8-9H2,1,3-5H3. The van der Waals surface area contributed by atoms with Gasteiger partial charge in [-0.3, -0.25) is 4.79 Å². The number of hydrogen-bond acceptors (Lipinski definition) is 3. The first kappa shape index (κ1) is 14.5. The van der Waals surface area contributed by atoms with E-state index in [-0.39, 0.29) is 11.5 Å². The Morgan fingerprint density at radius 3 is 2.40 bits per heavy atom. The van der Waals surface area contributed by atoms with Crippen LogP contribution in [0.25, 0.3) is 0 Å². The Labute approximate surface area is 93.7 Å².